The number of carboxylic acids is 1. The molecular weight excluding hydrogens is 196 g/mol. The Morgan fingerprint density at radius 3 is 2.33 bits per heavy atom. The van der Waals surface area contributed by atoms with E-state index in [0.29, 0.717) is 18.6 Å². The molecule has 0 unspecified atom stereocenters. The number of allylic oxidation sites excluding steroid dienone is 3. The van der Waals surface area contributed by atoms with E-state index in [4.69, 9.17) is 9.84 Å². The van der Waals surface area contributed by atoms with E-state index in [1.165, 1.54) is 0 Å². The molecule has 0 aromatic heterocycles. The molecule has 0 heterocycles. The Morgan fingerprint density at radius 1 is 1.33 bits per heavy atom. The minimum absolute atomic E-state index is 0.290. The molecule has 0 radical (unpaired) electrons. The number of hydrogen-bond donors (Lipinski definition) is 1. The van der Waals surface area contributed by atoms with E-state index in [0.717, 1.165) is 0 Å². The number of rotatable bonds is 3. The number of hydrogen-bond acceptors (Lipinski definition) is 3. The van der Waals surface area contributed by atoms with E-state index >= 15 is 0 Å². The lowest BCUT2D eigenvalue weighted by Gasteiger charge is -2.23. The molecule has 0 fully saturated rings. The average molecular weight is 210 g/mol. The minimum Gasteiger partial charge on any atom is -0.481 e. The highest BCUT2D eigenvalue weighted by molar-refractivity contribution is 5.82. The van der Waals surface area contributed by atoms with Crippen LogP contribution >= 0.6 is 0 Å². The van der Waals surface area contributed by atoms with Crippen molar-refractivity contribution in [3.8, 4) is 0 Å². The lowest BCUT2D eigenvalue weighted by molar-refractivity contribution is -0.155. The first-order chi connectivity index (χ1) is 7.02. The Labute approximate surface area is 88.2 Å². The molecule has 82 valence electrons. The Kier molecular flexibility index (Phi) is 3.66. The van der Waals surface area contributed by atoms with Gasteiger partial charge in [0.05, 0.1) is 17.6 Å². The molecule has 0 aliphatic heterocycles. The molecule has 0 saturated carbocycles. The SMILES string of the molecule is C=C(C)OC(=O)[C@H]1CC=CC[C@@H]1C(=O)O. The van der Waals surface area contributed by atoms with Crippen LogP contribution in [-0.2, 0) is 14.3 Å². The second kappa shape index (κ2) is 4.77. The molecule has 2 atom stereocenters. The molecule has 4 heteroatoms. The van der Waals surface area contributed by atoms with Gasteiger partial charge >= 0.3 is 11.9 Å². The maximum Gasteiger partial charge on any atom is 0.315 e. The second-order valence-electron chi connectivity index (χ2n) is 3.62. The lowest BCUT2D eigenvalue weighted by Crippen LogP contribution is -2.32. The topological polar surface area (TPSA) is 63.6 Å². The predicted octanol–water partition coefficient (Wildman–Crippen LogP) is 1.73. The summed E-state index contributed by atoms with van der Waals surface area (Å²) in [6.45, 7) is 5.01. The fourth-order valence-electron chi connectivity index (χ4n) is 1.60. The molecule has 15 heavy (non-hydrogen) atoms. The summed E-state index contributed by atoms with van der Waals surface area (Å²) in [6, 6.07) is 0. The number of aliphatic carboxylic acids is 1. The summed E-state index contributed by atoms with van der Waals surface area (Å²) in [7, 11) is 0. The van der Waals surface area contributed by atoms with E-state index in [1.54, 1.807) is 13.0 Å². The van der Waals surface area contributed by atoms with Crippen LogP contribution in [0.15, 0.2) is 24.5 Å². The van der Waals surface area contributed by atoms with Crippen molar-refractivity contribution in [2.24, 2.45) is 11.8 Å². The molecule has 0 amide bonds. The van der Waals surface area contributed by atoms with Gasteiger partial charge < -0.3 is 9.84 Å². The molecule has 1 N–H and O–H groups in total. The van der Waals surface area contributed by atoms with E-state index in [-0.39, 0.29) is 0 Å². The quantitative estimate of drug-likeness (QED) is 0.437. The Balaban J connectivity index is 2.73. The zero-order valence-electron chi connectivity index (χ0n) is 8.60. The average Bonchev–Trinajstić information content (AvgIpc) is 2.16. The third-order valence-corrected chi connectivity index (χ3v) is 2.33. The standard InChI is InChI=1S/C11H14O4/c1-7(2)15-11(14)9-6-4-3-5-8(9)10(12)13/h3-4,8-9H,1,5-6H2,2H3,(H,12,13)/t8-,9-/m0/s1. The van der Waals surface area contributed by atoms with Crippen molar-refractivity contribution in [2.45, 2.75) is 19.8 Å². The highest BCUT2D eigenvalue weighted by Crippen LogP contribution is 2.27. The van der Waals surface area contributed by atoms with Crippen LogP contribution in [0, 0.1) is 11.8 Å². The Hall–Kier alpha value is -1.58. The first-order valence-electron chi connectivity index (χ1n) is 4.77. The summed E-state index contributed by atoms with van der Waals surface area (Å²) in [5.74, 6) is -2.44. The van der Waals surface area contributed by atoms with Crippen molar-refractivity contribution in [1.29, 1.82) is 0 Å². The fraction of sp³-hybridized carbons (Fsp3) is 0.455. The van der Waals surface area contributed by atoms with E-state index < -0.39 is 23.8 Å². The van der Waals surface area contributed by atoms with Crippen LogP contribution in [0.5, 0.6) is 0 Å². The van der Waals surface area contributed by atoms with Gasteiger partial charge in [-0.2, -0.15) is 0 Å². The van der Waals surface area contributed by atoms with E-state index in [1.807, 2.05) is 6.08 Å². The van der Waals surface area contributed by atoms with Crippen LogP contribution in [0.4, 0.5) is 0 Å². The molecule has 1 aliphatic rings. The molecular formula is C11H14O4. The normalized spacial score (nSPS) is 24.6. The number of ether oxygens (including phenoxy) is 1. The summed E-state index contributed by atoms with van der Waals surface area (Å²) in [5.41, 5.74) is 0. The Morgan fingerprint density at radius 2 is 1.87 bits per heavy atom. The van der Waals surface area contributed by atoms with Gasteiger partial charge in [0.25, 0.3) is 0 Å². The van der Waals surface area contributed by atoms with Gasteiger partial charge in [0.2, 0.25) is 0 Å². The van der Waals surface area contributed by atoms with Crippen molar-refractivity contribution in [3.63, 3.8) is 0 Å². The van der Waals surface area contributed by atoms with Crippen LogP contribution in [0.3, 0.4) is 0 Å². The zero-order valence-corrected chi connectivity index (χ0v) is 8.60. The second-order valence-corrected chi connectivity index (χ2v) is 3.62. The molecule has 0 spiro atoms. The van der Waals surface area contributed by atoms with Crippen LogP contribution < -0.4 is 0 Å². The van der Waals surface area contributed by atoms with Crippen LogP contribution in [0.25, 0.3) is 0 Å². The van der Waals surface area contributed by atoms with Gasteiger partial charge in [-0.05, 0) is 19.8 Å². The summed E-state index contributed by atoms with van der Waals surface area (Å²) >= 11 is 0. The van der Waals surface area contributed by atoms with Gasteiger partial charge in [0.15, 0.2) is 0 Å². The number of carbonyl (C=O) groups excluding carboxylic acids is 1. The van der Waals surface area contributed by atoms with Gasteiger partial charge in [-0.25, -0.2) is 0 Å². The van der Waals surface area contributed by atoms with E-state index in [9.17, 15) is 9.59 Å². The number of esters is 1. The maximum absolute atomic E-state index is 11.5. The first-order valence-corrected chi connectivity index (χ1v) is 4.77. The third-order valence-electron chi connectivity index (χ3n) is 2.33. The Bertz CT molecular complexity index is 317. The summed E-state index contributed by atoms with van der Waals surface area (Å²) in [6.07, 6.45) is 4.39. The molecule has 0 aromatic carbocycles. The van der Waals surface area contributed by atoms with Crippen molar-refractivity contribution in [2.75, 3.05) is 0 Å². The highest BCUT2D eigenvalue weighted by Gasteiger charge is 2.35. The molecule has 0 aromatic rings. The smallest absolute Gasteiger partial charge is 0.315 e. The van der Waals surface area contributed by atoms with E-state index in [2.05, 4.69) is 6.58 Å². The fourth-order valence-corrected chi connectivity index (χ4v) is 1.60. The molecule has 4 nitrogen and oxygen atoms in total. The van der Waals surface area contributed by atoms with Crippen LogP contribution in [-0.4, -0.2) is 17.0 Å². The van der Waals surface area contributed by atoms with Gasteiger partial charge in [0.1, 0.15) is 0 Å². The van der Waals surface area contributed by atoms with Gasteiger partial charge in [-0.3, -0.25) is 9.59 Å². The van der Waals surface area contributed by atoms with Crippen molar-refractivity contribution >= 4 is 11.9 Å². The van der Waals surface area contributed by atoms with Gasteiger partial charge in [0, 0.05) is 0 Å². The molecule has 0 saturated heterocycles. The number of carbonyl (C=O) groups is 2. The number of carboxylic acid groups (broad SMARTS) is 1. The summed E-state index contributed by atoms with van der Waals surface area (Å²) in [5, 5.41) is 8.93. The third kappa shape index (κ3) is 2.94. The van der Waals surface area contributed by atoms with Crippen LogP contribution in [0.2, 0.25) is 0 Å². The maximum atomic E-state index is 11.5. The van der Waals surface area contributed by atoms with Crippen molar-refractivity contribution in [3.05, 3.63) is 24.5 Å². The van der Waals surface area contributed by atoms with Gasteiger partial charge in [-0.15, -0.1) is 0 Å². The van der Waals surface area contributed by atoms with Crippen molar-refractivity contribution in [1.82, 2.24) is 0 Å². The monoisotopic (exact) mass is 210 g/mol. The zero-order chi connectivity index (χ0) is 11.4. The first kappa shape index (κ1) is 11.5. The molecule has 1 aliphatic carbocycles. The largest absolute Gasteiger partial charge is 0.481 e. The highest BCUT2D eigenvalue weighted by atomic mass is 16.5. The lowest BCUT2D eigenvalue weighted by atomic mass is 9.83. The summed E-state index contributed by atoms with van der Waals surface area (Å²) in [4.78, 5) is 22.4. The van der Waals surface area contributed by atoms with Gasteiger partial charge in [-0.1, -0.05) is 18.7 Å². The predicted molar refractivity (Wildman–Crippen MR) is 53.9 cm³/mol. The molecule has 0 bridgehead atoms. The minimum atomic E-state index is -0.956. The summed E-state index contributed by atoms with van der Waals surface area (Å²) < 4.78 is 4.84. The van der Waals surface area contributed by atoms with Crippen molar-refractivity contribution < 1.29 is 19.4 Å². The van der Waals surface area contributed by atoms with Crippen LogP contribution in [0.1, 0.15) is 19.8 Å². The molecule has 1 rings (SSSR count).